The highest BCUT2D eigenvalue weighted by Gasteiger charge is 2.45. The van der Waals surface area contributed by atoms with Crippen molar-refractivity contribution < 1.29 is 0 Å². The standard InChI is InChI=1S/C25H30P/c1-3-5-14-22-15-12-13-20-25(22)26(21-4-2,23-16-8-6-9-17-23)24-18-10-7-11-19-24/h6-13,15-20H,3-5,14,21H2,1-2H3/q+1. The zero-order chi connectivity index (χ0) is 18.2. The molecule has 3 aromatic carbocycles. The Hall–Kier alpha value is -1.91. The third kappa shape index (κ3) is 3.76. The molecule has 0 unspecified atom stereocenters. The minimum Gasteiger partial charge on any atom is -0.0654 e. The molecule has 0 N–H and O–H groups in total. The van der Waals surface area contributed by atoms with E-state index >= 15 is 0 Å². The maximum Gasteiger partial charge on any atom is 0.112 e. The molecule has 134 valence electrons. The number of benzene rings is 3. The molecule has 0 atom stereocenters. The Bertz CT molecular complexity index is 753. The van der Waals surface area contributed by atoms with Crippen molar-refractivity contribution in [3.05, 3.63) is 90.5 Å². The molecular formula is C25H30P+. The maximum absolute atomic E-state index is 2.41. The van der Waals surface area contributed by atoms with E-state index in [1.807, 2.05) is 0 Å². The predicted octanol–water partition coefficient (Wildman–Crippen LogP) is 5.73. The van der Waals surface area contributed by atoms with Gasteiger partial charge in [0.2, 0.25) is 0 Å². The number of hydrogen-bond donors (Lipinski definition) is 0. The van der Waals surface area contributed by atoms with Crippen molar-refractivity contribution in [2.45, 2.75) is 39.5 Å². The van der Waals surface area contributed by atoms with Crippen LogP contribution in [-0.4, -0.2) is 6.16 Å². The second kappa shape index (κ2) is 9.15. The van der Waals surface area contributed by atoms with Crippen LogP contribution in [0.3, 0.4) is 0 Å². The summed E-state index contributed by atoms with van der Waals surface area (Å²) < 4.78 is 0. The molecule has 0 nitrogen and oxygen atoms in total. The molecule has 0 fully saturated rings. The van der Waals surface area contributed by atoms with Gasteiger partial charge in [-0.25, -0.2) is 0 Å². The average molecular weight is 361 g/mol. The van der Waals surface area contributed by atoms with Crippen molar-refractivity contribution in [1.29, 1.82) is 0 Å². The van der Waals surface area contributed by atoms with Gasteiger partial charge in [0, 0.05) is 0 Å². The van der Waals surface area contributed by atoms with Crippen LogP contribution >= 0.6 is 7.26 Å². The Labute approximate surface area is 159 Å². The van der Waals surface area contributed by atoms with E-state index in [-0.39, 0.29) is 0 Å². The Morgan fingerprint density at radius 1 is 0.615 bits per heavy atom. The molecule has 0 aliphatic rings. The highest BCUT2D eigenvalue weighted by Crippen LogP contribution is 2.56. The highest BCUT2D eigenvalue weighted by atomic mass is 31.2. The van der Waals surface area contributed by atoms with Crippen LogP contribution in [0.15, 0.2) is 84.9 Å². The van der Waals surface area contributed by atoms with Crippen LogP contribution in [0.5, 0.6) is 0 Å². The molecule has 3 rings (SSSR count). The Morgan fingerprint density at radius 3 is 1.69 bits per heavy atom. The molecule has 0 aliphatic heterocycles. The topological polar surface area (TPSA) is 0 Å². The van der Waals surface area contributed by atoms with Crippen LogP contribution in [0.1, 0.15) is 38.7 Å². The number of hydrogen-bond acceptors (Lipinski definition) is 0. The lowest BCUT2D eigenvalue weighted by Crippen LogP contribution is -2.35. The lowest BCUT2D eigenvalue weighted by atomic mass is 10.1. The average Bonchev–Trinajstić information content (AvgIpc) is 2.72. The van der Waals surface area contributed by atoms with Crippen molar-refractivity contribution in [2.24, 2.45) is 0 Å². The molecule has 0 radical (unpaired) electrons. The van der Waals surface area contributed by atoms with Crippen LogP contribution in [0, 0.1) is 0 Å². The number of unbranched alkanes of at least 4 members (excludes halogenated alkanes) is 1. The largest absolute Gasteiger partial charge is 0.112 e. The monoisotopic (exact) mass is 361 g/mol. The van der Waals surface area contributed by atoms with Gasteiger partial charge in [0.05, 0.1) is 6.16 Å². The number of rotatable bonds is 8. The second-order valence-corrected chi connectivity index (χ2v) is 10.5. The van der Waals surface area contributed by atoms with Gasteiger partial charge in [-0.2, -0.15) is 0 Å². The minimum absolute atomic E-state index is 1.18. The third-order valence-electron chi connectivity index (χ3n) is 5.16. The first-order valence-electron chi connectivity index (χ1n) is 9.90. The Balaban J connectivity index is 2.28. The van der Waals surface area contributed by atoms with Crippen LogP contribution in [0.4, 0.5) is 0 Å². The molecule has 0 spiro atoms. The first-order valence-corrected chi connectivity index (χ1v) is 11.9. The Kier molecular flexibility index (Phi) is 6.64. The van der Waals surface area contributed by atoms with E-state index in [9.17, 15) is 0 Å². The maximum atomic E-state index is 2.41. The van der Waals surface area contributed by atoms with Gasteiger partial charge < -0.3 is 0 Å². The van der Waals surface area contributed by atoms with E-state index < -0.39 is 7.26 Å². The van der Waals surface area contributed by atoms with Crippen LogP contribution < -0.4 is 15.9 Å². The molecule has 0 heterocycles. The smallest absolute Gasteiger partial charge is 0.0654 e. The molecule has 0 saturated heterocycles. The van der Waals surface area contributed by atoms with Gasteiger partial charge in [0.25, 0.3) is 0 Å². The van der Waals surface area contributed by atoms with Gasteiger partial charge in [-0.3, -0.25) is 0 Å². The van der Waals surface area contributed by atoms with Gasteiger partial charge in [-0.1, -0.05) is 74.9 Å². The second-order valence-electron chi connectivity index (χ2n) is 6.94. The van der Waals surface area contributed by atoms with E-state index in [0.29, 0.717) is 0 Å². The molecule has 26 heavy (non-hydrogen) atoms. The van der Waals surface area contributed by atoms with Crippen molar-refractivity contribution in [1.82, 2.24) is 0 Å². The predicted molar refractivity (Wildman–Crippen MR) is 119 cm³/mol. The summed E-state index contributed by atoms with van der Waals surface area (Å²) in [5, 5.41) is 4.61. The molecule has 0 aliphatic carbocycles. The zero-order valence-electron chi connectivity index (χ0n) is 16.1. The lowest BCUT2D eigenvalue weighted by molar-refractivity contribution is 0.798. The molecule has 0 amide bonds. The lowest BCUT2D eigenvalue weighted by Gasteiger charge is -2.29. The fourth-order valence-electron chi connectivity index (χ4n) is 3.97. The van der Waals surface area contributed by atoms with Crippen molar-refractivity contribution in [3.8, 4) is 0 Å². The molecule has 3 aromatic rings. The fourth-order valence-corrected chi connectivity index (χ4v) is 8.63. The van der Waals surface area contributed by atoms with Gasteiger partial charge in [-0.05, 0) is 55.2 Å². The summed E-state index contributed by atoms with van der Waals surface area (Å²) in [6.07, 6.45) is 6.10. The summed E-state index contributed by atoms with van der Waals surface area (Å²) in [7, 11) is -1.63. The van der Waals surface area contributed by atoms with Gasteiger partial charge in [-0.15, -0.1) is 0 Å². The van der Waals surface area contributed by atoms with Gasteiger partial charge >= 0.3 is 0 Å². The molecule has 0 aromatic heterocycles. The summed E-state index contributed by atoms with van der Waals surface area (Å²) in [6.45, 7) is 4.61. The van der Waals surface area contributed by atoms with Crippen LogP contribution in [0.2, 0.25) is 0 Å². The van der Waals surface area contributed by atoms with Gasteiger partial charge in [0.15, 0.2) is 0 Å². The molecular weight excluding hydrogens is 331 g/mol. The summed E-state index contributed by atoms with van der Waals surface area (Å²) in [5.41, 5.74) is 1.55. The number of aryl methyl sites for hydroxylation is 1. The SMILES string of the molecule is CCCCc1ccccc1[P+](CCC)(c1ccccc1)c1ccccc1. The minimum atomic E-state index is -1.63. The summed E-state index contributed by atoms with van der Waals surface area (Å²) in [4.78, 5) is 0. The van der Waals surface area contributed by atoms with Crippen LogP contribution in [-0.2, 0) is 6.42 Å². The van der Waals surface area contributed by atoms with E-state index in [2.05, 4.69) is 98.8 Å². The molecule has 1 heteroatoms. The first-order chi connectivity index (χ1) is 12.8. The van der Waals surface area contributed by atoms with E-state index in [4.69, 9.17) is 0 Å². The zero-order valence-corrected chi connectivity index (χ0v) is 17.0. The highest BCUT2D eigenvalue weighted by molar-refractivity contribution is 7.95. The summed E-state index contributed by atoms with van der Waals surface area (Å²) in [5.74, 6) is 0. The normalized spacial score (nSPS) is 11.5. The first kappa shape index (κ1) is 18.9. The van der Waals surface area contributed by atoms with E-state index in [1.165, 1.54) is 42.5 Å². The van der Waals surface area contributed by atoms with Crippen molar-refractivity contribution in [2.75, 3.05) is 6.16 Å². The van der Waals surface area contributed by atoms with Crippen molar-refractivity contribution in [3.63, 3.8) is 0 Å². The van der Waals surface area contributed by atoms with Crippen molar-refractivity contribution >= 4 is 23.2 Å². The molecule has 0 saturated carbocycles. The third-order valence-corrected chi connectivity index (χ3v) is 9.89. The fraction of sp³-hybridized carbons (Fsp3) is 0.280. The summed E-state index contributed by atoms with van der Waals surface area (Å²) >= 11 is 0. The van der Waals surface area contributed by atoms with Crippen LogP contribution in [0.25, 0.3) is 0 Å². The van der Waals surface area contributed by atoms with Gasteiger partial charge in [0.1, 0.15) is 23.2 Å². The van der Waals surface area contributed by atoms with E-state index in [1.54, 1.807) is 10.9 Å². The molecule has 0 bridgehead atoms. The Morgan fingerprint density at radius 2 is 1.15 bits per heavy atom. The quantitative estimate of drug-likeness (QED) is 0.449. The van der Waals surface area contributed by atoms with E-state index in [0.717, 1.165) is 0 Å². The summed E-state index contributed by atoms with van der Waals surface area (Å²) in [6, 6.07) is 31.7.